The van der Waals surface area contributed by atoms with Gasteiger partial charge in [0.2, 0.25) is 10.0 Å². The van der Waals surface area contributed by atoms with Crippen LogP contribution in [0.3, 0.4) is 0 Å². The lowest BCUT2D eigenvalue weighted by Crippen LogP contribution is -2.33. The second-order valence-corrected chi connectivity index (χ2v) is 5.60. The number of nitrogens with zero attached hydrogens (tertiary/aromatic N) is 1. The Labute approximate surface area is 112 Å². The molecule has 0 spiro atoms. The molecule has 94 valence electrons. The van der Waals surface area contributed by atoms with E-state index in [9.17, 15) is 8.42 Å². The SMILES string of the molecule is C#CC(CC)NS(=O)(=O)c1cc(C#N)ccc1Cl. The zero-order valence-electron chi connectivity index (χ0n) is 9.64. The van der Waals surface area contributed by atoms with Crippen molar-refractivity contribution in [3.63, 3.8) is 0 Å². The maximum absolute atomic E-state index is 12.0. The summed E-state index contributed by atoms with van der Waals surface area (Å²) in [5.41, 5.74) is 0.216. The van der Waals surface area contributed by atoms with Crippen LogP contribution in [0.4, 0.5) is 0 Å². The standard InChI is InChI=1S/C12H11ClN2O2S/c1-3-10(4-2)15-18(16,17)12-7-9(8-14)5-6-11(12)13/h1,5-7,10,15H,4H2,2H3. The van der Waals surface area contributed by atoms with Gasteiger partial charge in [0.1, 0.15) is 4.90 Å². The monoisotopic (exact) mass is 282 g/mol. The number of halogens is 1. The Morgan fingerprint density at radius 3 is 2.72 bits per heavy atom. The molecule has 0 bridgehead atoms. The van der Waals surface area contributed by atoms with E-state index in [0.29, 0.717) is 6.42 Å². The van der Waals surface area contributed by atoms with Crippen molar-refractivity contribution in [2.45, 2.75) is 24.3 Å². The third kappa shape index (κ3) is 3.24. The number of terminal acetylenes is 1. The van der Waals surface area contributed by atoms with Gasteiger partial charge in [-0.05, 0) is 24.6 Å². The quantitative estimate of drug-likeness (QED) is 0.858. The zero-order chi connectivity index (χ0) is 13.8. The summed E-state index contributed by atoms with van der Waals surface area (Å²) in [5.74, 6) is 2.33. The van der Waals surface area contributed by atoms with Crippen LogP contribution in [-0.2, 0) is 10.0 Å². The third-order valence-corrected chi connectivity index (χ3v) is 4.21. The molecule has 1 aromatic rings. The second-order valence-electron chi connectivity index (χ2n) is 3.51. The highest BCUT2D eigenvalue weighted by Crippen LogP contribution is 2.22. The van der Waals surface area contributed by atoms with E-state index < -0.39 is 16.1 Å². The van der Waals surface area contributed by atoms with Crippen molar-refractivity contribution in [1.29, 1.82) is 5.26 Å². The Hall–Kier alpha value is -1.53. The van der Waals surface area contributed by atoms with E-state index in [1.54, 1.807) is 6.92 Å². The summed E-state index contributed by atoms with van der Waals surface area (Å²) < 4.78 is 26.4. The smallest absolute Gasteiger partial charge is 0.207 e. The predicted octanol–water partition coefficient (Wildman–Crippen LogP) is 1.90. The number of benzene rings is 1. The molecule has 0 fully saturated rings. The van der Waals surface area contributed by atoms with Gasteiger partial charge in [0.25, 0.3) is 0 Å². The molecule has 4 nitrogen and oxygen atoms in total. The maximum Gasteiger partial charge on any atom is 0.243 e. The maximum atomic E-state index is 12.0. The van der Waals surface area contributed by atoms with Crippen LogP contribution < -0.4 is 4.72 Å². The highest BCUT2D eigenvalue weighted by atomic mass is 35.5. The van der Waals surface area contributed by atoms with Gasteiger partial charge in [0.15, 0.2) is 0 Å². The third-order valence-electron chi connectivity index (χ3n) is 2.26. The number of nitrogens with one attached hydrogen (secondary N) is 1. The summed E-state index contributed by atoms with van der Waals surface area (Å²) in [6, 6.07) is 5.28. The zero-order valence-corrected chi connectivity index (χ0v) is 11.2. The highest BCUT2D eigenvalue weighted by Gasteiger charge is 2.21. The van der Waals surface area contributed by atoms with Crippen LogP contribution in [-0.4, -0.2) is 14.5 Å². The van der Waals surface area contributed by atoms with E-state index in [1.165, 1.54) is 18.2 Å². The first-order valence-corrected chi connectivity index (χ1v) is 6.98. The summed E-state index contributed by atoms with van der Waals surface area (Å²) in [6.07, 6.45) is 5.66. The lowest BCUT2D eigenvalue weighted by molar-refractivity contribution is 0.570. The van der Waals surface area contributed by atoms with Crippen LogP contribution in [0.1, 0.15) is 18.9 Å². The van der Waals surface area contributed by atoms with Gasteiger partial charge in [-0.25, -0.2) is 8.42 Å². The summed E-state index contributed by atoms with van der Waals surface area (Å²) in [7, 11) is -3.82. The Morgan fingerprint density at radius 1 is 1.56 bits per heavy atom. The molecule has 0 aliphatic rings. The number of nitriles is 1. The fourth-order valence-corrected chi connectivity index (χ4v) is 3.03. The molecule has 1 rings (SSSR count). The van der Waals surface area contributed by atoms with E-state index in [0.717, 1.165) is 0 Å². The fraction of sp³-hybridized carbons (Fsp3) is 0.250. The van der Waals surface area contributed by atoms with Crippen molar-refractivity contribution < 1.29 is 8.42 Å². The molecule has 0 heterocycles. The fourth-order valence-electron chi connectivity index (χ4n) is 1.26. The Kier molecular flexibility index (Phi) is 4.75. The molecule has 0 aromatic heterocycles. The van der Waals surface area contributed by atoms with Gasteiger partial charge in [-0.1, -0.05) is 24.4 Å². The second kappa shape index (κ2) is 5.88. The van der Waals surface area contributed by atoms with Crippen molar-refractivity contribution in [2.75, 3.05) is 0 Å². The molecule has 0 aliphatic carbocycles. The minimum atomic E-state index is -3.82. The van der Waals surface area contributed by atoms with Gasteiger partial charge in [-0.3, -0.25) is 0 Å². The molecule has 1 aromatic carbocycles. The molecule has 1 unspecified atom stereocenters. The number of hydrogen-bond acceptors (Lipinski definition) is 3. The van der Waals surface area contributed by atoms with E-state index in [2.05, 4.69) is 10.6 Å². The largest absolute Gasteiger partial charge is 0.243 e. The first kappa shape index (κ1) is 14.5. The van der Waals surface area contributed by atoms with E-state index in [4.69, 9.17) is 23.3 Å². The molecule has 0 amide bonds. The van der Waals surface area contributed by atoms with Crippen molar-refractivity contribution in [1.82, 2.24) is 4.72 Å². The Bertz CT molecular complexity index is 626. The van der Waals surface area contributed by atoms with Gasteiger partial charge in [-0.2, -0.15) is 9.98 Å². The average Bonchev–Trinajstić information content (AvgIpc) is 2.36. The predicted molar refractivity (Wildman–Crippen MR) is 69.4 cm³/mol. The molecular formula is C12H11ClN2O2S. The van der Waals surface area contributed by atoms with Gasteiger partial charge < -0.3 is 0 Å². The first-order valence-electron chi connectivity index (χ1n) is 5.12. The normalized spacial score (nSPS) is 12.4. The van der Waals surface area contributed by atoms with Crippen LogP contribution in [0.2, 0.25) is 5.02 Å². The first-order chi connectivity index (χ1) is 8.44. The van der Waals surface area contributed by atoms with E-state index in [1.807, 2.05) is 6.07 Å². The lowest BCUT2D eigenvalue weighted by Gasteiger charge is -2.12. The van der Waals surface area contributed by atoms with Crippen molar-refractivity contribution in [2.24, 2.45) is 0 Å². The summed E-state index contributed by atoms with van der Waals surface area (Å²) in [4.78, 5) is -0.142. The molecular weight excluding hydrogens is 272 g/mol. The van der Waals surface area contributed by atoms with E-state index >= 15 is 0 Å². The van der Waals surface area contributed by atoms with Crippen LogP contribution in [0.5, 0.6) is 0 Å². The molecule has 0 aliphatic heterocycles. The van der Waals surface area contributed by atoms with Crippen LogP contribution in [0.25, 0.3) is 0 Å². The van der Waals surface area contributed by atoms with Gasteiger partial charge >= 0.3 is 0 Å². The van der Waals surface area contributed by atoms with Crippen molar-refractivity contribution in [3.05, 3.63) is 28.8 Å². The number of sulfonamides is 1. The minimum Gasteiger partial charge on any atom is -0.207 e. The molecule has 1 N–H and O–H groups in total. The van der Waals surface area contributed by atoms with Crippen LogP contribution >= 0.6 is 11.6 Å². The molecule has 0 radical (unpaired) electrons. The Balaban J connectivity index is 3.21. The van der Waals surface area contributed by atoms with Crippen molar-refractivity contribution in [3.8, 4) is 18.4 Å². The van der Waals surface area contributed by atoms with E-state index in [-0.39, 0.29) is 15.5 Å². The lowest BCUT2D eigenvalue weighted by atomic mass is 10.2. The van der Waals surface area contributed by atoms with Gasteiger partial charge in [0, 0.05) is 0 Å². The highest BCUT2D eigenvalue weighted by molar-refractivity contribution is 7.89. The van der Waals surface area contributed by atoms with Gasteiger partial charge in [0.05, 0.1) is 22.7 Å². The van der Waals surface area contributed by atoms with Gasteiger partial charge in [-0.15, -0.1) is 6.42 Å². The topological polar surface area (TPSA) is 70.0 Å². The molecule has 0 saturated carbocycles. The molecule has 0 saturated heterocycles. The Morgan fingerprint density at radius 2 is 2.22 bits per heavy atom. The molecule has 1 atom stereocenters. The summed E-state index contributed by atoms with van der Waals surface area (Å²) in [5, 5.41) is 8.80. The number of hydrogen-bond donors (Lipinski definition) is 1. The molecule has 18 heavy (non-hydrogen) atoms. The summed E-state index contributed by atoms with van der Waals surface area (Å²) in [6.45, 7) is 1.76. The van der Waals surface area contributed by atoms with Crippen molar-refractivity contribution >= 4 is 21.6 Å². The minimum absolute atomic E-state index is 0.0494. The van der Waals surface area contributed by atoms with Crippen LogP contribution in [0, 0.1) is 23.7 Å². The van der Waals surface area contributed by atoms with Crippen LogP contribution in [0.15, 0.2) is 23.1 Å². The average molecular weight is 283 g/mol. The molecule has 6 heteroatoms. The summed E-state index contributed by atoms with van der Waals surface area (Å²) >= 11 is 5.83. The number of rotatable bonds is 4.